The Balaban J connectivity index is 2.96. The van der Waals surface area contributed by atoms with Gasteiger partial charge in [-0.3, -0.25) is 4.79 Å². The molecule has 0 amide bonds. The van der Waals surface area contributed by atoms with Gasteiger partial charge in [0.2, 0.25) is 0 Å². The Bertz CT molecular complexity index is 299. The van der Waals surface area contributed by atoms with Gasteiger partial charge in [0.1, 0.15) is 6.17 Å². The highest BCUT2D eigenvalue weighted by Crippen LogP contribution is 2.11. The first-order valence-corrected chi connectivity index (χ1v) is 4.21. The van der Waals surface area contributed by atoms with Gasteiger partial charge in [-0.25, -0.2) is 0 Å². The number of nitrogens with two attached hydrogens (primary N) is 2. The average Bonchev–Trinajstić information content (AvgIpc) is 2.03. The van der Waals surface area contributed by atoms with E-state index in [9.17, 15) is 4.79 Å². The van der Waals surface area contributed by atoms with Gasteiger partial charge in [0.25, 0.3) is 0 Å². The number of rotatable bonds is 2. The molecule has 1 aromatic carbocycles. The second-order valence-electron chi connectivity index (χ2n) is 2.40. The van der Waals surface area contributed by atoms with Gasteiger partial charge in [0.15, 0.2) is 5.78 Å². The lowest BCUT2D eigenvalue weighted by atomic mass is 10.1. The minimum absolute atomic E-state index is 0.253. The SMILES string of the molecule is NC(N)C(=O)c1cccc(Br)c1. The summed E-state index contributed by atoms with van der Waals surface area (Å²) in [6.07, 6.45) is -0.931. The Hall–Kier alpha value is -0.710. The fourth-order valence-corrected chi connectivity index (χ4v) is 1.23. The molecule has 0 aliphatic heterocycles. The molecule has 4 N–H and O–H groups in total. The quantitative estimate of drug-likeness (QED) is 0.584. The van der Waals surface area contributed by atoms with Crippen LogP contribution in [-0.2, 0) is 0 Å². The summed E-state index contributed by atoms with van der Waals surface area (Å²) in [5.74, 6) is -0.253. The normalized spacial score (nSPS) is 10.3. The van der Waals surface area contributed by atoms with Gasteiger partial charge in [-0.1, -0.05) is 28.1 Å². The third-order valence-corrected chi connectivity index (χ3v) is 1.91. The molecule has 3 nitrogen and oxygen atoms in total. The predicted octanol–water partition coefficient (Wildman–Crippen LogP) is 0.875. The number of carbonyl (C=O) groups is 1. The molecule has 1 aromatic rings. The van der Waals surface area contributed by atoms with E-state index in [1.807, 2.05) is 6.07 Å². The van der Waals surface area contributed by atoms with Crippen LogP contribution in [0.3, 0.4) is 0 Å². The van der Waals surface area contributed by atoms with E-state index in [-0.39, 0.29) is 5.78 Å². The number of halogens is 1. The molecule has 0 aliphatic carbocycles. The van der Waals surface area contributed by atoms with Crippen LogP contribution in [0, 0.1) is 0 Å². The fraction of sp³-hybridized carbons (Fsp3) is 0.125. The smallest absolute Gasteiger partial charge is 0.193 e. The maximum atomic E-state index is 11.2. The molecular weight excluding hydrogens is 220 g/mol. The van der Waals surface area contributed by atoms with Crippen molar-refractivity contribution >= 4 is 21.7 Å². The highest BCUT2D eigenvalue weighted by molar-refractivity contribution is 9.10. The number of hydrogen-bond donors (Lipinski definition) is 2. The van der Waals surface area contributed by atoms with Crippen LogP contribution in [0.25, 0.3) is 0 Å². The molecule has 0 heterocycles. The zero-order chi connectivity index (χ0) is 9.14. The first-order valence-electron chi connectivity index (χ1n) is 3.42. The van der Waals surface area contributed by atoms with Crippen molar-refractivity contribution in [2.75, 3.05) is 0 Å². The number of Topliss-reactive ketones (excluding diaryl/α,β-unsaturated/α-hetero) is 1. The number of carbonyl (C=O) groups excluding carboxylic acids is 1. The van der Waals surface area contributed by atoms with Crippen LogP contribution >= 0.6 is 15.9 Å². The summed E-state index contributed by atoms with van der Waals surface area (Å²) in [5, 5.41) is 0. The zero-order valence-electron chi connectivity index (χ0n) is 6.33. The van der Waals surface area contributed by atoms with Crippen LogP contribution in [0.1, 0.15) is 10.4 Å². The summed E-state index contributed by atoms with van der Waals surface area (Å²) >= 11 is 3.25. The van der Waals surface area contributed by atoms with Crippen LogP contribution in [0.15, 0.2) is 28.7 Å². The van der Waals surface area contributed by atoms with E-state index in [0.717, 1.165) is 4.47 Å². The van der Waals surface area contributed by atoms with Gasteiger partial charge in [0, 0.05) is 10.0 Å². The predicted molar refractivity (Wildman–Crippen MR) is 50.6 cm³/mol. The van der Waals surface area contributed by atoms with E-state index in [4.69, 9.17) is 11.5 Å². The van der Waals surface area contributed by atoms with Crippen LogP contribution in [-0.4, -0.2) is 11.9 Å². The van der Waals surface area contributed by atoms with Crippen molar-refractivity contribution in [2.45, 2.75) is 6.17 Å². The van der Waals surface area contributed by atoms with Gasteiger partial charge >= 0.3 is 0 Å². The third-order valence-electron chi connectivity index (χ3n) is 1.41. The molecule has 0 atom stereocenters. The van der Waals surface area contributed by atoms with Gasteiger partial charge in [-0.2, -0.15) is 0 Å². The minimum atomic E-state index is -0.931. The first-order chi connectivity index (χ1) is 5.61. The van der Waals surface area contributed by atoms with Crippen molar-refractivity contribution in [1.82, 2.24) is 0 Å². The standard InChI is InChI=1S/C8H9BrN2O/c9-6-3-1-2-5(4-6)7(12)8(10)11/h1-4,8H,10-11H2. The Kier molecular flexibility index (Phi) is 2.97. The molecule has 0 saturated heterocycles. The number of ketones is 1. The molecule has 0 saturated carbocycles. The lowest BCUT2D eigenvalue weighted by molar-refractivity contribution is 0.0963. The highest BCUT2D eigenvalue weighted by atomic mass is 79.9. The fourth-order valence-electron chi connectivity index (χ4n) is 0.834. The van der Waals surface area contributed by atoms with Gasteiger partial charge in [0.05, 0.1) is 0 Å². The summed E-state index contributed by atoms with van der Waals surface area (Å²) in [6.45, 7) is 0. The second kappa shape index (κ2) is 3.80. The Morgan fingerprint density at radius 3 is 2.58 bits per heavy atom. The minimum Gasteiger partial charge on any atom is -0.310 e. The summed E-state index contributed by atoms with van der Waals surface area (Å²) in [4.78, 5) is 11.2. The van der Waals surface area contributed by atoms with Crippen LogP contribution in [0.2, 0.25) is 0 Å². The summed E-state index contributed by atoms with van der Waals surface area (Å²) < 4.78 is 0.842. The molecule has 0 aliphatic rings. The van der Waals surface area contributed by atoms with E-state index < -0.39 is 6.17 Å². The molecule has 0 aromatic heterocycles. The van der Waals surface area contributed by atoms with Gasteiger partial charge in [-0.15, -0.1) is 0 Å². The maximum absolute atomic E-state index is 11.2. The van der Waals surface area contributed by atoms with Crippen molar-refractivity contribution in [3.8, 4) is 0 Å². The maximum Gasteiger partial charge on any atom is 0.193 e. The molecule has 12 heavy (non-hydrogen) atoms. The van der Waals surface area contributed by atoms with Crippen molar-refractivity contribution in [2.24, 2.45) is 11.5 Å². The molecule has 0 bridgehead atoms. The Morgan fingerprint density at radius 2 is 2.08 bits per heavy atom. The lowest BCUT2D eigenvalue weighted by Gasteiger charge is -2.03. The molecule has 0 spiro atoms. The molecule has 64 valence electrons. The molecule has 0 radical (unpaired) electrons. The summed E-state index contributed by atoms with van der Waals surface area (Å²) in [5.41, 5.74) is 11.0. The summed E-state index contributed by atoms with van der Waals surface area (Å²) in [7, 11) is 0. The van der Waals surface area contributed by atoms with Crippen molar-refractivity contribution in [3.63, 3.8) is 0 Å². The average molecular weight is 229 g/mol. The Labute approximate surface area is 78.9 Å². The number of benzene rings is 1. The van der Waals surface area contributed by atoms with E-state index in [0.29, 0.717) is 5.56 Å². The van der Waals surface area contributed by atoms with Crippen molar-refractivity contribution in [3.05, 3.63) is 34.3 Å². The lowest BCUT2D eigenvalue weighted by Crippen LogP contribution is -2.39. The van der Waals surface area contributed by atoms with Crippen LogP contribution in [0.5, 0.6) is 0 Å². The van der Waals surface area contributed by atoms with E-state index in [1.165, 1.54) is 0 Å². The first kappa shape index (κ1) is 9.38. The van der Waals surface area contributed by atoms with Gasteiger partial charge in [-0.05, 0) is 12.1 Å². The number of hydrogen-bond acceptors (Lipinski definition) is 3. The van der Waals surface area contributed by atoms with Crippen LogP contribution in [0.4, 0.5) is 0 Å². The van der Waals surface area contributed by atoms with Crippen LogP contribution < -0.4 is 11.5 Å². The monoisotopic (exact) mass is 228 g/mol. The van der Waals surface area contributed by atoms with Crippen molar-refractivity contribution < 1.29 is 4.79 Å². The topological polar surface area (TPSA) is 69.1 Å². The summed E-state index contributed by atoms with van der Waals surface area (Å²) in [6, 6.07) is 6.97. The zero-order valence-corrected chi connectivity index (χ0v) is 7.91. The Morgan fingerprint density at radius 1 is 1.42 bits per heavy atom. The molecule has 0 unspecified atom stereocenters. The third kappa shape index (κ3) is 2.14. The van der Waals surface area contributed by atoms with Gasteiger partial charge < -0.3 is 11.5 Å². The molecule has 4 heteroatoms. The molecule has 0 fully saturated rings. The van der Waals surface area contributed by atoms with E-state index in [2.05, 4.69) is 15.9 Å². The molecular formula is C8H9BrN2O. The van der Waals surface area contributed by atoms with E-state index >= 15 is 0 Å². The van der Waals surface area contributed by atoms with Crippen molar-refractivity contribution in [1.29, 1.82) is 0 Å². The molecule has 1 rings (SSSR count). The highest BCUT2D eigenvalue weighted by Gasteiger charge is 2.10. The largest absolute Gasteiger partial charge is 0.310 e. The van der Waals surface area contributed by atoms with E-state index in [1.54, 1.807) is 18.2 Å². The second-order valence-corrected chi connectivity index (χ2v) is 3.32.